The van der Waals surface area contributed by atoms with Crippen LogP contribution >= 0.6 is 0 Å². The summed E-state index contributed by atoms with van der Waals surface area (Å²) in [5.74, 6) is 2.48. The van der Waals surface area contributed by atoms with Gasteiger partial charge < -0.3 is 0 Å². The van der Waals surface area contributed by atoms with Gasteiger partial charge in [-0.1, -0.05) is 12.2 Å². The van der Waals surface area contributed by atoms with Crippen LogP contribution in [0, 0.1) is 17.8 Å². The summed E-state index contributed by atoms with van der Waals surface area (Å²) >= 11 is 0. The minimum Gasteiger partial charge on any atom is -0.296 e. The van der Waals surface area contributed by atoms with Crippen molar-refractivity contribution in [2.24, 2.45) is 17.8 Å². The minimum absolute atomic E-state index is 0.0759. The largest absolute Gasteiger partial charge is 0.296 e. The Balaban J connectivity index is 1.70. The fourth-order valence-electron chi connectivity index (χ4n) is 2.49. The number of rotatable bonds is 3. The zero-order valence-corrected chi connectivity index (χ0v) is 9.42. The van der Waals surface area contributed by atoms with Crippen molar-refractivity contribution >= 4 is 0 Å². The molecule has 0 aromatic heterocycles. The maximum absolute atomic E-state index is 5.52. The van der Waals surface area contributed by atoms with Crippen molar-refractivity contribution < 1.29 is 4.84 Å². The highest BCUT2D eigenvalue weighted by atomic mass is 16.7. The zero-order chi connectivity index (χ0) is 10.2. The van der Waals surface area contributed by atoms with Gasteiger partial charge in [0, 0.05) is 6.54 Å². The second kappa shape index (κ2) is 3.67. The summed E-state index contributed by atoms with van der Waals surface area (Å²) in [7, 11) is 0. The molecule has 3 atom stereocenters. The van der Waals surface area contributed by atoms with E-state index in [1.165, 1.54) is 12.8 Å². The van der Waals surface area contributed by atoms with E-state index in [9.17, 15) is 0 Å². The second-order valence-electron chi connectivity index (χ2n) is 5.60. The smallest absolute Gasteiger partial charge is 0.0812 e. The van der Waals surface area contributed by atoms with Gasteiger partial charge in [-0.2, -0.15) is 0 Å². The lowest BCUT2D eigenvalue weighted by Crippen LogP contribution is -2.33. The van der Waals surface area contributed by atoms with Crippen molar-refractivity contribution in [2.75, 3.05) is 6.54 Å². The summed E-state index contributed by atoms with van der Waals surface area (Å²) in [6.45, 7) is 7.21. The van der Waals surface area contributed by atoms with Crippen molar-refractivity contribution in [3.05, 3.63) is 12.2 Å². The van der Waals surface area contributed by atoms with Crippen LogP contribution in [-0.2, 0) is 4.84 Å². The van der Waals surface area contributed by atoms with E-state index in [2.05, 4.69) is 38.4 Å². The second-order valence-corrected chi connectivity index (χ2v) is 5.60. The van der Waals surface area contributed by atoms with Crippen LogP contribution in [0.1, 0.15) is 33.6 Å². The van der Waals surface area contributed by atoms with Crippen molar-refractivity contribution in [3.8, 4) is 0 Å². The Morgan fingerprint density at radius 3 is 2.57 bits per heavy atom. The molecule has 0 aliphatic heterocycles. The first kappa shape index (κ1) is 10.2. The third-order valence-corrected chi connectivity index (χ3v) is 3.14. The Labute approximate surface area is 86.7 Å². The molecule has 0 heterocycles. The number of hydrogen-bond acceptors (Lipinski definition) is 2. The van der Waals surface area contributed by atoms with E-state index >= 15 is 0 Å². The topological polar surface area (TPSA) is 21.3 Å². The van der Waals surface area contributed by atoms with Crippen LogP contribution in [0.4, 0.5) is 0 Å². The molecule has 2 rings (SSSR count). The van der Waals surface area contributed by atoms with E-state index in [4.69, 9.17) is 4.84 Å². The number of hydroxylamine groups is 1. The molecule has 0 spiro atoms. The van der Waals surface area contributed by atoms with Crippen molar-refractivity contribution in [1.29, 1.82) is 0 Å². The molecule has 0 saturated heterocycles. The first-order chi connectivity index (χ1) is 6.54. The molecule has 2 bridgehead atoms. The van der Waals surface area contributed by atoms with Gasteiger partial charge in [0.2, 0.25) is 0 Å². The van der Waals surface area contributed by atoms with Gasteiger partial charge in [0.15, 0.2) is 0 Å². The fraction of sp³-hybridized carbons (Fsp3) is 0.833. The summed E-state index contributed by atoms with van der Waals surface area (Å²) in [6, 6.07) is 0. The Morgan fingerprint density at radius 2 is 2.07 bits per heavy atom. The summed E-state index contributed by atoms with van der Waals surface area (Å²) in [6.07, 6.45) is 7.49. The highest BCUT2D eigenvalue weighted by Gasteiger charge is 2.35. The minimum atomic E-state index is -0.0759. The highest BCUT2D eigenvalue weighted by Crippen LogP contribution is 2.42. The summed E-state index contributed by atoms with van der Waals surface area (Å²) in [5, 5.41) is 0. The molecule has 1 saturated carbocycles. The lowest BCUT2D eigenvalue weighted by molar-refractivity contribution is -0.0779. The van der Waals surface area contributed by atoms with Crippen LogP contribution in [0.25, 0.3) is 0 Å². The van der Waals surface area contributed by atoms with E-state index in [1.807, 2.05) is 0 Å². The SMILES string of the molecule is CC(C)(C)ONCC1CC2C=CC1C2. The van der Waals surface area contributed by atoms with Gasteiger partial charge in [-0.3, -0.25) is 4.84 Å². The lowest BCUT2D eigenvalue weighted by Gasteiger charge is -2.23. The van der Waals surface area contributed by atoms with Crippen LogP contribution in [0.2, 0.25) is 0 Å². The standard InChI is InChI=1S/C12H21NO/c1-12(2,3)14-13-8-11-7-9-4-5-10(11)6-9/h4-5,9-11,13H,6-8H2,1-3H3. The molecular formula is C12H21NO. The van der Waals surface area contributed by atoms with Gasteiger partial charge in [-0.15, -0.1) is 0 Å². The summed E-state index contributed by atoms with van der Waals surface area (Å²) < 4.78 is 0. The first-order valence-corrected chi connectivity index (χ1v) is 5.64. The van der Waals surface area contributed by atoms with Crippen LogP contribution in [0.3, 0.4) is 0 Å². The molecule has 2 heteroatoms. The van der Waals surface area contributed by atoms with Gasteiger partial charge in [0.1, 0.15) is 0 Å². The molecule has 0 aromatic carbocycles. The molecule has 14 heavy (non-hydrogen) atoms. The highest BCUT2D eigenvalue weighted by molar-refractivity contribution is 5.10. The summed E-state index contributed by atoms with van der Waals surface area (Å²) in [4.78, 5) is 5.52. The molecule has 0 radical (unpaired) electrons. The molecule has 0 amide bonds. The molecule has 1 N–H and O–H groups in total. The van der Waals surface area contributed by atoms with Crippen LogP contribution < -0.4 is 5.48 Å². The van der Waals surface area contributed by atoms with E-state index in [0.29, 0.717) is 0 Å². The summed E-state index contributed by atoms with van der Waals surface area (Å²) in [5.41, 5.74) is 3.04. The molecular weight excluding hydrogens is 174 g/mol. The first-order valence-electron chi connectivity index (χ1n) is 5.64. The van der Waals surface area contributed by atoms with E-state index in [0.717, 1.165) is 24.3 Å². The predicted molar refractivity (Wildman–Crippen MR) is 57.7 cm³/mol. The quantitative estimate of drug-likeness (QED) is 0.552. The van der Waals surface area contributed by atoms with E-state index in [-0.39, 0.29) is 5.60 Å². The van der Waals surface area contributed by atoms with Gasteiger partial charge in [0.25, 0.3) is 0 Å². The van der Waals surface area contributed by atoms with Gasteiger partial charge in [0.05, 0.1) is 5.60 Å². The number of allylic oxidation sites excluding steroid dienone is 2. The average Bonchev–Trinajstić information content (AvgIpc) is 2.62. The maximum atomic E-state index is 5.52. The normalized spacial score (nSPS) is 35.5. The van der Waals surface area contributed by atoms with Crippen LogP contribution in [0.15, 0.2) is 12.2 Å². The monoisotopic (exact) mass is 195 g/mol. The third-order valence-electron chi connectivity index (χ3n) is 3.14. The van der Waals surface area contributed by atoms with Gasteiger partial charge in [-0.05, 0) is 51.4 Å². The van der Waals surface area contributed by atoms with Crippen LogP contribution in [0.5, 0.6) is 0 Å². The Morgan fingerprint density at radius 1 is 1.29 bits per heavy atom. The molecule has 3 unspecified atom stereocenters. The number of fused-ring (bicyclic) bond motifs is 2. The molecule has 0 aromatic rings. The van der Waals surface area contributed by atoms with Gasteiger partial charge >= 0.3 is 0 Å². The van der Waals surface area contributed by atoms with Crippen molar-refractivity contribution in [3.63, 3.8) is 0 Å². The molecule has 2 aliphatic rings. The molecule has 2 nitrogen and oxygen atoms in total. The Hall–Kier alpha value is -0.340. The van der Waals surface area contributed by atoms with E-state index in [1.54, 1.807) is 0 Å². The molecule has 80 valence electrons. The maximum Gasteiger partial charge on any atom is 0.0812 e. The number of nitrogens with one attached hydrogen (secondary N) is 1. The molecule has 1 fully saturated rings. The molecule has 2 aliphatic carbocycles. The third kappa shape index (κ3) is 2.37. The predicted octanol–water partition coefficient (Wildman–Crippen LogP) is 2.52. The van der Waals surface area contributed by atoms with E-state index < -0.39 is 0 Å². The Kier molecular flexibility index (Phi) is 2.67. The van der Waals surface area contributed by atoms with Crippen LogP contribution in [-0.4, -0.2) is 12.1 Å². The Bertz CT molecular complexity index is 229. The lowest BCUT2D eigenvalue weighted by atomic mass is 9.94. The van der Waals surface area contributed by atoms with Crippen molar-refractivity contribution in [2.45, 2.75) is 39.2 Å². The number of hydrogen-bond donors (Lipinski definition) is 1. The fourth-order valence-corrected chi connectivity index (χ4v) is 2.49. The van der Waals surface area contributed by atoms with Gasteiger partial charge in [-0.25, -0.2) is 5.48 Å². The zero-order valence-electron chi connectivity index (χ0n) is 9.42. The van der Waals surface area contributed by atoms with Crippen molar-refractivity contribution in [1.82, 2.24) is 5.48 Å². The average molecular weight is 195 g/mol.